The lowest BCUT2D eigenvalue weighted by Gasteiger charge is -2.15. The van der Waals surface area contributed by atoms with Crippen molar-refractivity contribution in [2.45, 2.75) is 0 Å². The van der Waals surface area contributed by atoms with Crippen LogP contribution in [0.3, 0.4) is 0 Å². The van der Waals surface area contributed by atoms with E-state index in [4.69, 9.17) is 23.8 Å². The molecule has 3 aromatic heterocycles. The number of rotatable bonds is 5. The molecule has 0 aliphatic carbocycles. The Labute approximate surface area is 332 Å². The van der Waals surface area contributed by atoms with E-state index in [9.17, 15) is 0 Å². The van der Waals surface area contributed by atoms with Gasteiger partial charge in [0.15, 0.2) is 17.5 Å². The minimum Gasteiger partial charge on any atom is -0.456 e. The van der Waals surface area contributed by atoms with Gasteiger partial charge in [0.25, 0.3) is 0 Å². The molecule has 12 aromatic rings. The Bertz CT molecular complexity index is 3580. The Balaban J connectivity index is 1.09. The van der Waals surface area contributed by atoms with Gasteiger partial charge in [0.05, 0.1) is 0 Å². The monoisotopic (exact) mass is 741 g/mol. The molecular formula is C53H31N3O2. The molecule has 5 nitrogen and oxygen atoms in total. The highest BCUT2D eigenvalue weighted by molar-refractivity contribution is 6.20. The van der Waals surface area contributed by atoms with Crippen molar-refractivity contribution < 1.29 is 8.83 Å². The molecule has 0 radical (unpaired) electrons. The fraction of sp³-hybridized carbons (Fsp3) is 0. The largest absolute Gasteiger partial charge is 0.456 e. The van der Waals surface area contributed by atoms with Crippen molar-refractivity contribution >= 4 is 65.4 Å². The van der Waals surface area contributed by atoms with Gasteiger partial charge in [-0.25, -0.2) is 15.0 Å². The molecule has 58 heavy (non-hydrogen) atoms. The van der Waals surface area contributed by atoms with Gasteiger partial charge in [-0.15, -0.1) is 0 Å². The Morgan fingerprint density at radius 3 is 1.59 bits per heavy atom. The van der Waals surface area contributed by atoms with Crippen LogP contribution in [0.2, 0.25) is 0 Å². The van der Waals surface area contributed by atoms with Crippen molar-refractivity contribution in [1.82, 2.24) is 15.0 Å². The molecule has 270 valence electrons. The number of nitrogens with zero attached hydrogens (tertiary/aromatic N) is 3. The summed E-state index contributed by atoms with van der Waals surface area (Å²) in [6.07, 6.45) is 0. The summed E-state index contributed by atoms with van der Waals surface area (Å²) in [6.45, 7) is 0. The van der Waals surface area contributed by atoms with E-state index in [-0.39, 0.29) is 0 Å². The van der Waals surface area contributed by atoms with Crippen LogP contribution in [-0.4, -0.2) is 15.0 Å². The zero-order chi connectivity index (χ0) is 38.2. The molecular weight excluding hydrogens is 711 g/mol. The zero-order valence-corrected chi connectivity index (χ0v) is 31.1. The molecule has 0 amide bonds. The van der Waals surface area contributed by atoms with Crippen LogP contribution in [0.5, 0.6) is 0 Å². The number of para-hydroxylation sites is 2. The highest BCUT2D eigenvalue weighted by atomic mass is 16.3. The molecule has 0 atom stereocenters. The number of hydrogen-bond acceptors (Lipinski definition) is 5. The molecule has 0 bridgehead atoms. The lowest BCUT2D eigenvalue weighted by molar-refractivity contribution is 0.669. The first-order chi connectivity index (χ1) is 28.8. The third kappa shape index (κ3) is 5.00. The number of benzene rings is 9. The van der Waals surface area contributed by atoms with Gasteiger partial charge in [-0.1, -0.05) is 158 Å². The summed E-state index contributed by atoms with van der Waals surface area (Å²) in [7, 11) is 0. The first-order valence-corrected chi connectivity index (χ1v) is 19.4. The maximum Gasteiger partial charge on any atom is 0.164 e. The van der Waals surface area contributed by atoms with E-state index in [2.05, 4.69) is 121 Å². The standard InChI is InChI=1S/C53H31N3O2/c1-2-15-33(16-3-1)51-54-52(56-53(55-51)44-24-13-27-47-48(44)42-21-8-10-25-45(42)57-47)41-31-28-38(36-19-6-7-20-37(36)41)39-29-30-40(35-23-12-17-32-14-4-5-18-34(32)35)50-49(39)43-22-9-11-26-46(43)58-50/h1-31H. The summed E-state index contributed by atoms with van der Waals surface area (Å²) in [5, 5.41) is 8.71. The highest BCUT2D eigenvalue weighted by Gasteiger charge is 2.22. The van der Waals surface area contributed by atoms with Crippen LogP contribution < -0.4 is 0 Å². The van der Waals surface area contributed by atoms with Crippen LogP contribution in [0.15, 0.2) is 197 Å². The van der Waals surface area contributed by atoms with Gasteiger partial charge in [-0.2, -0.15) is 0 Å². The lowest BCUT2D eigenvalue weighted by atomic mass is 9.89. The van der Waals surface area contributed by atoms with Gasteiger partial charge >= 0.3 is 0 Å². The van der Waals surface area contributed by atoms with Gasteiger partial charge in [0.2, 0.25) is 0 Å². The lowest BCUT2D eigenvalue weighted by Crippen LogP contribution is -2.01. The number of furan rings is 2. The molecule has 0 fully saturated rings. The molecule has 0 unspecified atom stereocenters. The molecule has 3 heterocycles. The molecule has 0 aliphatic rings. The molecule has 0 aliphatic heterocycles. The third-order valence-corrected chi connectivity index (χ3v) is 11.4. The SMILES string of the molecule is c1ccc(-c2nc(-c3ccc(-c4ccc(-c5cccc6ccccc56)c5oc6ccccc6c45)c4ccccc34)nc(-c3cccc4oc5ccccc5c34)n2)cc1. The van der Waals surface area contributed by atoms with Gasteiger partial charge < -0.3 is 8.83 Å². The van der Waals surface area contributed by atoms with Gasteiger partial charge in [-0.3, -0.25) is 0 Å². The van der Waals surface area contributed by atoms with E-state index in [0.29, 0.717) is 17.5 Å². The maximum atomic E-state index is 6.78. The predicted molar refractivity (Wildman–Crippen MR) is 237 cm³/mol. The number of fused-ring (bicyclic) bond motifs is 8. The smallest absolute Gasteiger partial charge is 0.164 e. The molecule has 5 heteroatoms. The van der Waals surface area contributed by atoms with Crippen LogP contribution in [0.25, 0.3) is 122 Å². The highest BCUT2D eigenvalue weighted by Crippen LogP contribution is 2.46. The van der Waals surface area contributed by atoms with Crippen LogP contribution in [-0.2, 0) is 0 Å². The van der Waals surface area contributed by atoms with Crippen molar-refractivity contribution in [3.8, 4) is 56.4 Å². The van der Waals surface area contributed by atoms with Crippen molar-refractivity contribution in [2.24, 2.45) is 0 Å². The second-order valence-corrected chi connectivity index (χ2v) is 14.6. The fourth-order valence-electron chi connectivity index (χ4n) is 8.75. The molecule has 0 N–H and O–H groups in total. The van der Waals surface area contributed by atoms with Crippen molar-refractivity contribution in [3.63, 3.8) is 0 Å². The first-order valence-electron chi connectivity index (χ1n) is 19.4. The summed E-state index contributed by atoms with van der Waals surface area (Å²) in [5.41, 5.74) is 10.5. The Morgan fingerprint density at radius 2 is 0.776 bits per heavy atom. The minimum absolute atomic E-state index is 0.588. The summed E-state index contributed by atoms with van der Waals surface area (Å²) in [5.74, 6) is 1.79. The van der Waals surface area contributed by atoms with Gasteiger partial charge in [0.1, 0.15) is 22.3 Å². The molecule has 9 aromatic carbocycles. The quantitative estimate of drug-likeness (QED) is 0.176. The molecule has 0 spiro atoms. The molecule has 0 saturated carbocycles. The van der Waals surface area contributed by atoms with Crippen molar-refractivity contribution in [2.75, 3.05) is 0 Å². The number of aromatic nitrogens is 3. The average molecular weight is 742 g/mol. The van der Waals surface area contributed by atoms with E-state index >= 15 is 0 Å². The normalized spacial score (nSPS) is 11.8. The van der Waals surface area contributed by atoms with E-state index in [1.54, 1.807) is 0 Å². The van der Waals surface area contributed by atoms with Gasteiger partial charge in [0, 0.05) is 43.8 Å². The van der Waals surface area contributed by atoms with Crippen LogP contribution in [0.4, 0.5) is 0 Å². The molecule has 0 saturated heterocycles. The second kappa shape index (κ2) is 12.8. The van der Waals surface area contributed by atoms with E-state index in [0.717, 1.165) is 93.6 Å². The third-order valence-electron chi connectivity index (χ3n) is 11.4. The Kier molecular flexibility index (Phi) is 7.16. The topological polar surface area (TPSA) is 65.0 Å². The van der Waals surface area contributed by atoms with Crippen LogP contribution in [0.1, 0.15) is 0 Å². The predicted octanol–water partition coefficient (Wildman–Crippen LogP) is 14.3. The van der Waals surface area contributed by atoms with Gasteiger partial charge in [-0.05, 0) is 68.6 Å². The van der Waals surface area contributed by atoms with Crippen LogP contribution >= 0.6 is 0 Å². The van der Waals surface area contributed by atoms with E-state index < -0.39 is 0 Å². The zero-order valence-electron chi connectivity index (χ0n) is 31.1. The maximum absolute atomic E-state index is 6.78. The summed E-state index contributed by atoms with van der Waals surface area (Å²) < 4.78 is 13.1. The second-order valence-electron chi connectivity index (χ2n) is 14.6. The van der Waals surface area contributed by atoms with E-state index in [1.165, 1.54) is 10.8 Å². The minimum atomic E-state index is 0.588. The summed E-state index contributed by atoms with van der Waals surface area (Å²) >= 11 is 0. The molecule has 12 rings (SSSR count). The Morgan fingerprint density at radius 1 is 0.276 bits per heavy atom. The Hall–Kier alpha value is -7.89. The fourth-order valence-corrected chi connectivity index (χ4v) is 8.75. The van der Waals surface area contributed by atoms with Crippen LogP contribution in [0, 0.1) is 0 Å². The summed E-state index contributed by atoms with van der Waals surface area (Å²) in [4.78, 5) is 15.6. The average Bonchev–Trinajstić information content (AvgIpc) is 3.88. The van der Waals surface area contributed by atoms with Crippen molar-refractivity contribution in [1.29, 1.82) is 0 Å². The first kappa shape index (κ1) is 32.4. The number of hydrogen-bond donors (Lipinski definition) is 0. The van der Waals surface area contributed by atoms with E-state index in [1.807, 2.05) is 66.7 Å². The van der Waals surface area contributed by atoms with Crippen molar-refractivity contribution in [3.05, 3.63) is 188 Å². The summed E-state index contributed by atoms with van der Waals surface area (Å²) in [6, 6.07) is 65.0.